The second kappa shape index (κ2) is 3.60. The van der Waals surface area contributed by atoms with Crippen molar-refractivity contribution in [2.45, 2.75) is 24.1 Å². The van der Waals surface area contributed by atoms with Gasteiger partial charge in [-0.15, -0.1) is 11.8 Å². The van der Waals surface area contributed by atoms with Crippen molar-refractivity contribution in [3.05, 3.63) is 53.4 Å². The molecule has 1 unspecified atom stereocenters. The molecular weight excluding hydrogens is 247 g/mol. The number of fused-ring (bicyclic) bond motifs is 4. The highest BCUT2D eigenvalue weighted by Gasteiger charge is 2.44. The Kier molecular flexibility index (Phi) is 2.13. The van der Waals surface area contributed by atoms with Crippen molar-refractivity contribution in [3.63, 3.8) is 0 Å². The zero-order valence-corrected chi connectivity index (χ0v) is 10.7. The molecule has 1 atom stereocenters. The first-order chi connectivity index (χ1) is 8.79. The van der Waals surface area contributed by atoms with Gasteiger partial charge in [0.25, 0.3) is 0 Å². The Morgan fingerprint density at radius 2 is 2.33 bits per heavy atom. The fraction of sp³-hybridized carbons (Fsp3) is 0.357. The Balaban J connectivity index is 1.95. The average Bonchev–Trinajstić information content (AvgIpc) is 2.96. The van der Waals surface area contributed by atoms with Gasteiger partial charge in [-0.2, -0.15) is 0 Å². The number of halogens is 1. The number of benzene rings is 1. The summed E-state index contributed by atoms with van der Waals surface area (Å²) >= 11 is 1.99. The SMILES string of the molecule is Fc1ccc2c(c1)CCC21SCCn2cncc21. The van der Waals surface area contributed by atoms with Crippen LogP contribution in [0.5, 0.6) is 0 Å². The highest BCUT2D eigenvalue weighted by Crippen LogP contribution is 2.53. The molecule has 4 heteroatoms. The summed E-state index contributed by atoms with van der Waals surface area (Å²) in [6.07, 6.45) is 5.91. The Morgan fingerprint density at radius 3 is 3.28 bits per heavy atom. The number of hydrogen-bond acceptors (Lipinski definition) is 2. The van der Waals surface area contributed by atoms with Gasteiger partial charge in [0.2, 0.25) is 0 Å². The lowest BCUT2D eigenvalue weighted by Gasteiger charge is -2.34. The molecule has 2 nitrogen and oxygen atoms in total. The molecule has 0 fully saturated rings. The third-order valence-corrected chi connectivity index (χ3v) is 5.57. The van der Waals surface area contributed by atoms with Crippen molar-refractivity contribution < 1.29 is 4.39 Å². The van der Waals surface area contributed by atoms with Crippen molar-refractivity contribution in [1.82, 2.24) is 9.55 Å². The van der Waals surface area contributed by atoms with Gasteiger partial charge in [-0.05, 0) is 36.1 Å². The molecule has 2 heterocycles. The Hall–Kier alpha value is -1.29. The smallest absolute Gasteiger partial charge is 0.123 e. The van der Waals surface area contributed by atoms with Crippen LogP contribution in [0.3, 0.4) is 0 Å². The van der Waals surface area contributed by atoms with Crippen molar-refractivity contribution in [2.24, 2.45) is 0 Å². The minimum Gasteiger partial charge on any atom is -0.332 e. The summed E-state index contributed by atoms with van der Waals surface area (Å²) in [6, 6.07) is 5.25. The summed E-state index contributed by atoms with van der Waals surface area (Å²) in [6.45, 7) is 1.03. The van der Waals surface area contributed by atoms with Crippen LogP contribution in [0.2, 0.25) is 0 Å². The van der Waals surface area contributed by atoms with Crippen LogP contribution in [-0.2, 0) is 17.7 Å². The van der Waals surface area contributed by atoms with E-state index in [4.69, 9.17) is 0 Å². The zero-order chi connectivity index (χ0) is 12.2. The highest BCUT2D eigenvalue weighted by atomic mass is 32.2. The first kappa shape index (κ1) is 10.6. The summed E-state index contributed by atoms with van der Waals surface area (Å²) in [5.74, 6) is 0.973. The largest absolute Gasteiger partial charge is 0.332 e. The van der Waals surface area contributed by atoms with E-state index in [1.165, 1.54) is 11.3 Å². The standard InChI is InChI=1S/C14H13FN2S/c15-11-1-2-12-10(7-11)3-4-14(12)13-8-16-9-17(13)5-6-18-14/h1-2,7-9H,3-6H2. The van der Waals surface area contributed by atoms with Crippen molar-refractivity contribution in [3.8, 4) is 0 Å². The summed E-state index contributed by atoms with van der Waals surface area (Å²) in [5.41, 5.74) is 3.73. The van der Waals surface area contributed by atoms with Crippen LogP contribution in [0.1, 0.15) is 23.2 Å². The maximum absolute atomic E-state index is 13.3. The lowest BCUT2D eigenvalue weighted by Crippen LogP contribution is -2.29. The third-order valence-electron chi connectivity index (χ3n) is 4.06. The van der Waals surface area contributed by atoms with Gasteiger partial charge in [0.05, 0.1) is 16.8 Å². The molecule has 18 heavy (non-hydrogen) atoms. The molecule has 4 rings (SSSR count). The minimum absolute atomic E-state index is 0.0117. The number of hydrogen-bond donors (Lipinski definition) is 0. The number of aryl methyl sites for hydroxylation is 2. The average molecular weight is 260 g/mol. The van der Waals surface area contributed by atoms with Gasteiger partial charge in [0.1, 0.15) is 5.82 Å². The van der Waals surface area contributed by atoms with Crippen molar-refractivity contribution in [1.29, 1.82) is 0 Å². The molecule has 0 N–H and O–H groups in total. The van der Waals surface area contributed by atoms with Crippen LogP contribution in [-0.4, -0.2) is 15.3 Å². The van der Waals surface area contributed by atoms with Crippen LogP contribution in [0.4, 0.5) is 4.39 Å². The predicted molar refractivity (Wildman–Crippen MR) is 70.2 cm³/mol. The molecular formula is C14H13FN2S. The molecule has 1 aliphatic heterocycles. The quantitative estimate of drug-likeness (QED) is 0.724. The number of aromatic nitrogens is 2. The first-order valence-electron chi connectivity index (χ1n) is 6.23. The third kappa shape index (κ3) is 1.27. The number of rotatable bonds is 0. The second-order valence-electron chi connectivity index (χ2n) is 4.95. The summed E-state index contributed by atoms with van der Waals surface area (Å²) in [5, 5.41) is 0. The van der Waals surface area contributed by atoms with Crippen molar-refractivity contribution in [2.75, 3.05) is 5.75 Å². The fourth-order valence-corrected chi connectivity index (χ4v) is 4.81. The molecule has 2 aromatic rings. The monoisotopic (exact) mass is 260 g/mol. The van der Waals surface area contributed by atoms with Gasteiger partial charge >= 0.3 is 0 Å². The molecule has 92 valence electrons. The predicted octanol–water partition coefficient (Wildman–Crippen LogP) is 2.96. The van der Waals surface area contributed by atoms with Crippen LogP contribution in [0.15, 0.2) is 30.7 Å². The van der Waals surface area contributed by atoms with E-state index in [1.807, 2.05) is 30.4 Å². The van der Waals surface area contributed by atoms with Gasteiger partial charge in [0, 0.05) is 18.5 Å². The highest BCUT2D eigenvalue weighted by molar-refractivity contribution is 8.00. The minimum atomic E-state index is -0.125. The zero-order valence-electron chi connectivity index (χ0n) is 9.90. The topological polar surface area (TPSA) is 17.8 Å². The van der Waals surface area contributed by atoms with Gasteiger partial charge in [-0.25, -0.2) is 9.37 Å². The number of imidazole rings is 1. The fourth-order valence-electron chi connectivity index (χ4n) is 3.25. The molecule has 1 aromatic carbocycles. The Labute approximate surface area is 109 Å². The van der Waals surface area contributed by atoms with E-state index in [0.717, 1.165) is 30.7 Å². The Morgan fingerprint density at radius 1 is 1.39 bits per heavy atom. The second-order valence-corrected chi connectivity index (χ2v) is 6.34. The van der Waals surface area contributed by atoms with Gasteiger partial charge in [0.15, 0.2) is 0 Å². The van der Waals surface area contributed by atoms with E-state index in [2.05, 4.69) is 9.55 Å². The lowest BCUT2D eigenvalue weighted by atomic mass is 9.96. The molecule has 1 aromatic heterocycles. The Bertz CT molecular complexity index is 622. The molecule has 1 aliphatic carbocycles. The van der Waals surface area contributed by atoms with E-state index < -0.39 is 0 Å². The normalized spacial score (nSPS) is 25.2. The van der Waals surface area contributed by atoms with Crippen molar-refractivity contribution >= 4 is 11.8 Å². The van der Waals surface area contributed by atoms with Crippen LogP contribution in [0.25, 0.3) is 0 Å². The van der Waals surface area contributed by atoms with Gasteiger partial charge in [-0.1, -0.05) is 6.07 Å². The first-order valence-corrected chi connectivity index (χ1v) is 7.22. The van der Waals surface area contributed by atoms with Crippen LogP contribution in [0, 0.1) is 5.82 Å². The molecule has 0 amide bonds. The van der Waals surface area contributed by atoms with E-state index >= 15 is 0 Å². The maximum atomic E-state index is 13.3. The van der Waals surface area contributed by atoms with E-state index in [0.29, 0.717) is 0 Å². The maximum Gasteiger partial charge on any atom is 0.123 e. The van der Waals surface area contributed by atoms with E-state index in [9.17, 15) is 4.39 Å². The van der Waals surface area contributed by atoms with Gasteiger partial charge in [-0.3, -0.25) is 0 Å². The molecule has 0 saturated carbocycles. The van der Waals surface area contributed by atoms with Crippen LogP contribution >= 0.6 is 11.8 Å². The summed E-state index contributed by atoms with van der Waals surface area (Å²) in [4.78, 5) is 4.29. The molecule has 0 bridgehead atoms. The summed E-state index contributed by atoms with van der Waals surface area (Å²) in [7, 11) is 0. The number of thioether (sulfide) groups is 1. The van der Waals surface area contributed by atoms with E-state index in [1.54, 1.807) is 12.1 Å². The van der Waals surface area contributed by atoms with Gasteiger partial charge < -0.3 is 4.57 Å². The molecule has 0 saturated heterocycles. The summed E-state index contributed by atoms with van der Waals surface area (Å²) < 4.78 is 15.6. The molecule has 0 radical (unpaired) electrons. The molecule has 1 spiro atoms. The lowest BCUT2D eigenvalue weighted by molar-refractivity contribution is 0.601. The van der Waals surface area contributed by atoms with E-state index in [-0.39, 0.29) is 10.6 Å². The molecule has 2 aliphatic rings. The number of nitrogens with zero attached hydrogens (tertiary/aromatic N) is 2. The van der Waals surface area contributed by atoms with Crippen LogP contribution < -0.4 is 0 Å².